The summed E-state index contributed by atoms with van der Waals surface area (Å²) in [7, 11) is 1.75. The molecule has 126 valence electrons. The van der Waals surface area contributed by atoms with Gasteiger partial charge in [0, 0.05) is 45.0 Å². The smallest absolute Gasteiger partial charge is 0.317 e. The Balaban J connectivity index is 1.69. The van der Waals surface area contributed by atoms with E-state index >= 15 is 0 Å². The zero-order chi connectivity index (χ0) is 16.5. The van der Waals surface area contributed by atoms with E-state index in [9.17, 15) is 9.59 Å². The number of nitrogens with one attached hydrogen (secondary N) is 1. The number of urea groups is 1. The van der Waals surface area contributed by atoms with Crippen molar-refractivity contribution in [3.05, 3.63) is 30.1 Å². The van der Waals surface area contributed by atoms with Crippen LogP contribution in [0.5, 0.6) is 0 Å². The van der Waals surface area contributed by atoms with Gasteiger partial charge in [0.1, 0.15) is 0 Å². The predicted octanol–water partition coefficient (Wildman–Crippen LogP) is 1.67. The molecule has 0 radical (unpaired) electrons. The first-order valence-corrected chi connectivity index (χ1v) is 8.33. The van der Waals surface area contributed by atoms with Crippen LogP contribution in [0.1, 0.15) is 31.4 Å². The second-order valence-electron chi connectivity index (χ2n) is 5.95. The molecule has 1 fully saturated rings. The third-order valence-electron chi connectivity index (χ3n) is 4.14. The highest BCUT2D eigenvalue weighted by atomic mass is 16.2. The van der Waals surface area contributed by atoms with Gasteiger partial charge in [-0.1, -0.05) is 18.9 Å². The van der Waals surface area contributed by atoms with E-state index in [2.05, 4.69) is 10.3 Å². The van der Waals surface area contributed by atoms with Gasteiger partial charge in [0.25, 0.3) is 0 Å². The van der Waals surface area contributed by atoms with Gasteiger partial charge in [-0.05, 0) is 25.0 Å². The third kappa shape index (κ3) is 5.88. The monoisotopic (exact) mass is 318 g/mol. The molecule has 0 spiro atoms. The number of nitrogens with zero attached hydrogens (tertiary/aromatic N) is 3. The molecule has 0 bridgehead atoms. The molecule has 6 nitrogen and oxygen atoms in total. The maximum atomic E-state index is 12.1. The molecule has 1 aromatic rings. The fraction of sp³-hybridized carbons (Fsp3) is 0.588. The van der Waals surface area contributed by atoms with Gasteiger partial charge in [0.2, 0.25) is 5.91 Å². The van der Waals surface area contributed by atoms with Crippen molar-refractivity contribution in [2.75, 3.05) is 33.2 Å². The van der Waals surface area contributed by atoms with Crippen LogP contribution in [-0.4, -0.2) is 59.9 Å². The Morgan fingerprint density at radius 3 is 2.61 bits per heavy atom. The van der Waals surface area contributed by atoms with E-state index in [4.69, 9.17) is 0 Å². The Labute approximate surface area is 137 Å². The van der Waals surface area contributed by atoms with Gasteiger partial charge in [-0.15, -0.1) is 0 Å². The van der Waals surface area contributed by atoms with Crippen molar-refractivity contribution in [2.24, 2.45) is 0 Å². The number of aromatic nitrogens is 1. The van der Waals surface area contributed by atoms with Crippen LogP contribution in [0, 0.1) is 0 Å². The number of amides is 3. The van der Waals surface area contributed by atoms with Crippen LogP contribution < -0.4 is 5.32 Å². The summed E-state index contributed by atoms with van der Waals surface area (Å²) < 4.78 is 0. The van der Waals surface area contributed by atoms with Gasteiger partial charge >= 0.3 is 6.03 Å². The van der Waals surface area contributed by atoms with Crippen LogP contribution in [0.4, 0.5) is 4.79 Å². The summed E-state index contributed by atoms with van der Waals surface area (Å²) in [6.07, 6.45) is 6.91. The fourth-order valence-electron chi connectivity index (χ4n) is 2.62. The first-order valence-electron chi connectivity index (χ1n) is 8.33. The number of likely N-dealkylation sites (tertiary alicyclic amines) is 1. The average molecular weight is 318 g/mol. The van der Waals surface area contributed by atoms with Crippen LogP contribution in [0.2, 0.25) is 0 Å². The Kier molecular flexibility index (Phi) is 6.84. The minimum absolute atomic E-state index is 0.0497. The van der Waals surface area contributed by atoms with Crippen LogP contribution in [-0.2, 0) is 11.2 Å². The number of carbonyl (C=O) groups is 2. The molecular weight excluding hydrogens is 292 g/mol. The number of hydrogen-bond donors (Lipinski definition) is 1. The van der Waals surface area contributed by atoms with Gasteiger partial charge in [-0.2, -0.15) is 0 Å². The van der Waals surface area contributed by atoms with Crippen LogP contribution in [0.25, 0.3) is 0 Å². The first kappa shape index (κ1) is 17.2. The van der Waals surface area contributed by atoms with Gasteiger partial charge in [0.05, 0.1) is 6.54 Å². The second-order valence-corrected chi connectivity index (χ2v) is 5.95. The van der Waals surface area contributed by atoms with Crippen molar-refractivity contribution in [1.29, 1.82) is 0 Å². The van der Waals surface area contributed by atoms with Crippen molar-refractivity contribution in [3.8, 4) is 0 Å². The maximum Gasteiger partial charge on any atom is 0.317 e. The molecule has 23 heavy (non-hydrogen) atoms. The highest BCUT2D eigenvalue weighted by Crippen LogP contribution is 2.09. The molecule has 3 amide bonds. The predicted molar refractivity (Wildman–Crippen MR) is 89.0 cm³/mol. The number of hydrogen-bond acceptors (Lipinski definition) is 3. The molecule has 2 rings (SSSR count). The van der Waals surface area contributed by atoms with Gasteiger partial charge in [-0.25, -0.2) is 4.79 Å². The van der Waals surface area contributed by atoms with E-state index in [0.29, 0.717) is 13.0 Å². The summed E-state index contributed by atoms with van der Waals surface area (Å²) in [4.78, 5) is 31.9. The lowest BCUT2D eigenvalue weighted by Crippen LogP contribution is -2.45. The van der Waals surface area contributed by atoms with Crippen molar-refractivity contribution >= 4 is 11.9 Å². The van der Waals surface area contributed by atoms with Crippen molar-refractivity contribution in [1.82, 2.24) is 20.1 Å². The number of carbonyl (C=O) groups excluding carboxylic acids is 2. The quantitative estimate of drug-likeness (QED) is 0.898. The molecule has 0 unspecified atom stereocenters. The van der Waals surface area contributed by atoms with Crippen LogP contribution in [0.3, 0.4) is 0 Å². The summed E-state index contributed by atoms with van der Waals surface area (Å²) in [6, 6.07) is 5.63. The van der Waals surface area contributed by atoms with Gasteiger partial charge < -0.3 is 15.1 Å². The molecule has 1 aliphatic heterocycles. The SMILES string of the molecule is CN(CCc1ccccn1)C(=O)CNC(=O)N1CCCCCC1. The zero-order valence-electron chi connectivity index (χ0n) is 13.8. The Hall–Kier alpha value is -2.11. The molecule has 0 aromatic carbocycles. The standard InChI is InChI=1S/C17H26N4O2/c1-20(13-9-15-8-4-5-10-18-15)16(22)14-19-17(23)21-11-6-2-3-7-12-21/h4-5,8,10H,2-3,6-7,9,11-14H2,1H3,(H,19,23). The summed E-state index contributed by atoms with van der Waals surface area (Å²) in [5, 5.41) is 2.74. The minimum Gasteiger partial charge on any atom is -0.344 e. The van der Waals surface area contributed by atoms with Crippen molar-refractivity contribution < 1.29 is 9.59 Å². The Morgan fingerprint density at radius 2 is 1.96 bits per heavy atom. The van der Waals surface area contributed by atoms with Gasteiger partial charge in [0.15, 0.2) is 0 Å². The lowest BCUT2D eigenvalue weighted by Gasteiger charge is -2.22. The largest absolute Gasteiger partial charge is 0.344 e. The van der Waals surface area contributed by atoms with E-state index in [0.717, 1.165) is 31.6 Å². The van der Waals surface area contributed by atoms with Crippen LogP contribution in [0.15, 0.2) is 24.4 Å². The van der Waals surface area contributed by atoms with Gasteiger partial charge in [-0.3, -0.25) is 9.78 Å². The number of rotatable bonds is 5. The average Bonchev–Trinajstić information content (AvgIpc) is 2.87. The van der Waals surface area contributed by atoms with Crippen molar-refractivity contribution in [3.63, 3.8) is 0 Å². The molecule has 1 aromatic heterocycles. The van der Waals surface area contributed by atoms with E-state index in [-0.39, 0.29) is 18.5 Å². The summed E-state index contributed by atoms with van der Waals surface area (Å²) in [6.45, 7) is 2.22. The Morgan fingerprint density at radius 1 is 1.22 bits per heavy atom. The van der Waals surface area contributed by atoms with E-state index in [1.807, 2.05) is 23.1 Å². The molecule has 1 N–H and O–H groups in total. The number of pyridine rings is 1. The Bertz CT molecular complexity index is 499. The minimum atomic E-state index is -0.127. The summed E-state index contributed by atoms with van der Waals surface area (Å²) >= 11 is 0. The highest BCUT2D eigenvalue weighted by Gasteiger charge is 2.17. The maximum absolute atomic E-state index is 12.1. The molecule has 6 heteroatoms. The molecule has 1 saturated heterocycles. The van der Waals surface area contributed by atoms with Crippen molar-refractivity contribution in [2.45, 2.75) is 32.1 Å². The third-order valence-corrected chi connectivity index (χ3v) is 4.14. The molecule has 0 saturated carbocycles. The fourth-order valence-corrected chi connectivity index (χ4v) is 2.62. The lowest BCUT2D eigenvalue weighted by atomic mass is 10.2. The highest BCUT2D eigenvalue weighted by molar-refractivity contribution is 5.83. The zero-order valence-corrected chi connectivity index (χ0v) is 13.8. The molecule has 0 aliphatic carbocycles. The van der Waals surface area contributed by atoms with E-state index in [1.54, 1.807) is 18.1 Å². The van der Waals surface area contributed by atoms with E-state index in [1.165, 1.54) is 12.8 Å². The first-order chi connectivity index (χ1) is 11.2. The topological polar surface area (TPSA) is 65.5 Å². The normalized spacial score (nSPS) is 14.9. The lowest BCUT2D eigenvalue weighted by molar-refractivity contribution is -0.128. The number of likely N-dealkylation sites (N-methyl/N-ethyl adjacent to an activating group) is 1. The molecule has 2 heterocycles. The summed E-state index contributed by atoms with van der Waals surface area (Å²) in [5.41, 5.74) is 0.959. The molecule has 1 aliphatic rings. The molecule has 0 atom stereocenters. The summed E-state index contributed by atoms with van der Waals surface area (Å²) in [5.74, 6) is -0.0795. The van der Waals surface area contributed by atoms with E-state index < -0.39 is 0 Å². The van der Waals surface area contributed by atoms with Crippen LogP contribution >= 0.6 is 0 Å². The molecular formula is C17H26N4O2. The second kappa shape index (κ2) is 9.12.